The summed E-state index contributed by atoms with van der Waals surface area (Å²) in [7, 11) is 0. The Bertz CT molecular complexity index is 1060. The number of rotatable bonds is 38. The minimum Gasteiger partial charge on any atom is -0.457 e. The molecule has 2 rings (SSSR count). The third kappa shape index (κ3) is 24.6. The van der Waals surface area contributed by atoms with Crippen LogP contribution in [0.2, 0.25) is 0 Å². The van der Waals surface area contributed by atoms with Gasteiger partial charge in [0.2, 0.25) is 0 Å². The van der Waals surface area contributed by atoms with Gasteiger partial charge in [0.1, 0.15) is 54.9 Å². The monoisotopic (exact) mass is 877 g/mol. The molecule has 0 spiro atoms. The average Bonchev–Trinajstić information content (AvgIpc) is 3.25. The maximum absolute atomic E-state index is 12.9. The van der Waals surface area contributed by atoms with Crippen molar-refractivity contribution in [3.05, 3.63) is 12.2 Å². The minimum atomic E-state index is -1.70. The predicted molar refractivity (Wildman–Crippen MR) is 234 cm³/mol. The lowest BCUT2D eigenvalue weighted by Gasteiger charge is -2.42. The molecule has 0 amide bonds. The topological polar surface area (TPSA) is 214 Å². The van der Waals surface area contributed by atoms with E-state index in [0.717, 1.165) is 57.8 Å². The van der Waals surface area contributed by atoms with Crippen LogP contribution in [0.1, 0.15) is 181 Å². The number of hydrogen-bond acceptors (Lipinski definition) is 14. The zero-order valence-electron chi connectivity index (χ0n) is 37.9. The van der Waals surface area contributed by atoms with E-state index in [-0.39, 0.29) is 25.6 Å². The molecule has 2 saturated heterocycles. The van der Waals surface area contributed by atoms with Crippen LogP contribution in [-0.2, 0) is 33.2 Å². The van der Waals surface area contributed by atoms with E-state index in [1.165, 1.54) is 96.3 Å². The van der Waals surface area contributed by atoms with Crippen LogP contribution >= 0.6 is 0 Å². The van der Waals surface area contributed by atoms with Gasteiger partial charge in [-0.3, -0.25) is 4.79 Å². The normalized spacial score (nSPS) is 27.5. The molecular formula is C47H88O14. The van der Waals surface area contributed by atoms with Crippen molar-refractivity contribution in [2.75, 3.05) is 33.0 Å². The first kappa shape index (κ1) is 55.9. The van der Waals surface area contributed by atoms with E-state index in [1.54, 1.807) is 0 Å². The summed E-state index contributed by atoms with van der Waals surface area (Å²) in [5.74, 6) is -0.384. The van der Waals surface area contributed by atoms with Gasteiger partial charge in [-0.05, 0) is 32.1 Å². The lowest BCUT2D eigenvalue weighted by Crippen LogP contribution is -2.61. The fraction of sp³-hybridized carbons (Fsp3) is 0.936. The maximum atomic E-state index is 12.9. The van der Waals surface area contributed by atoms with E-state index in [9.17, 15) is 40.5 Å². The van der Waals surface area contributed by atoms with E-state index in [4.69, 9.17) is 28.4 Å². The van der Waals surface area contributed by atoms with Crippen molar-refractivity contribution < 1.29 is 69.0 Å². The molecule has 0 bridgehead atoms. The first-order valence-corrected chi connectivity index (χ1v) is 24.3. The minimum absolute atomic E-state index is 0.0634. The summed E-state index contributed by atoms with van der Waals surface area (Å²) >= 11 is 0. The largest absolute Gasteiger partial charge is 0.457 e. The first-order chi connectivity index (χ1) is 29.6. The maximum Gasteiger partial charge on any atom is 0.306 e. The van der Waals surface area contributed by atoms with Gasteiger partial charge in [0.05, 0.1) is 26.4 Å². The zero-order chi connectivity index (χ0) is 44.5. The van der Waals surface area contributed by atoms with Crippen LogP contribution in [0, 0.1) is 0 Å². The van der Waals surface area contributed by atoms with E-state index in [0.29, 0.717) is 13.0 Å². The second-order valence-electron chi connectivity index (χ2n) is 17.3. The molecule has 0 aromatic heterocycles. The number of esters is 1. The molecule has 2 heterocycles. The quantitative estimate of drug-likeness (QED) is 0.0206. The van der Waals surface area contributed by atoms with Crippen molar-refractivity contribution in [1.82, 2.24) is 0 Å². The van der Waals surface area contributed by atoms with E-state index < -0.39 is 80.7 Å². The van der Waals surface area contributed by atoms with Gasteiger partial charge in [-0.25, -0.2) is 0 Å². The molecule has 11 atom stereocenters. The third-order valence-electron chi connectivity index (χ3n) is 11.8. The highest BCUT2D eigenvalue weighted by Crippen LogP contribution is 2.26. The van der Waals surface area contributed by atoms with E-state index in [1.807, 2.05) is 0 Å². The van der Waals surface area contributed by atoms with Crippen molar-refractivity contribution in [1.29, 1.82) is 0 Å². The molecule has 7 N–H and O–H groups in total. The van der Waals surface area contributed by atoms with Gasteiger partial charge in [0.25, 0.3) is 0 Å². The van der Waals surface area contributed by atoms with Gasteiger partial charge >= 0.3 is 5.97 Å². The Hall–Kier alpha value is -1.27. The number of aliphatic hydroxyl groups is 7. The number of hydrogen-bond donors (Lipinski definition) is 7. The van der Waals surface area contributed by atoms with Gasteiger partial charge < -0.3 is 64.2 Å². The summed E-state index contributed by atoms with van der Waals surface area (Å²) in [4.78, 5) is 12.9. The number of carbonyl (C=O) groups excluding carboxylic acids is 1. The van der Waals surface area contributed by atoms with Gasteiger partial charge in [0.15, 0.2) is 12.6 Å². The Kier molecular flexibility index (Phi) is 33.0. The predicted octanol–water partition coefficient (Wildman–Crippen LogP) is 6.29. The smallest absolute Gasteiger partial charge is 0.306 e. The molecule has 0 radical (unpaired) electrons. The molecule has 0 aromatic carbocycles. The van der Waals surface area contributed by atoms with Crippen molar-refractivity contribution in [2.24, 2.45) is 0 Å². The van der Waals surface area contributed by atoms with Crippen LogP contribution in [0.25, 0.3) is 0 Å². The van der Waals surface area contributed by atoms with Crippen LogP contribution in [0.3, 0.4) is 0 Å². The molecule has 360 valence electrons. The Morgan fingerprint density at radius 1 is 0.525 bits per heavy atom. The number of aliphatic hydroxyl groups excluding tert-OH is 7. The lowest BCUT2D eigenvalue weighted by molar-refractivity contribution is -0.332. The number of allylic oxidation sites excluding steroid dienone is 2. The SMILES string of the molecule is CCCC/C=C\CCCCCCCC(=O)OC(COCCCCCCCCCCCCCCCCCC)COC1OC(COC2OC(CO)C(O)C(O)C2O)C(O)C(O)C1O. The van der Waals surface area contributed by atoms with Crippen LogP contribution in [-0.4, -0.2) is 142 Å². The summed E-state index contributed by atoms with van der Waals surface area (Å²) in [6, 6.07) is 0. The van der Waals surface area contributed by atoms with Crippen LogP contribution in [0.5, 0.6) is 0 Å². The van der Waals surface area contributed by atoms with Crippen LogP contribution in [0.4, 0.5) is 0 Å². The summed E-state index contributed by atoms with van der Waals surface area (Å²) in [5.41, 5.74) is 0. The number of ether oxygens (including phenoxy) is 6. The van der Waals surface area contributed by atoms with Crippen molar-refractivity contribution in [3.63, 3.8) is 0 Å². The number of unbranched alkanes of at least 4 members (excludes halogenated alkanes) is 22. The van der Waals surface area contributed by atoms with Crippen LogP contribution < -0.4 is 0 Å². The molecule has 11 unspecified atom stereocenters. The van der Waals surface area contributed by atoms with Crippen LogP contribution in [0.15, 0.2) is 12.2 Å². The third-order valence-corrected chi connectivity index (χ3v) is 11.8. The molecule has 14 nitrogen and oxygen atoms in total. The highest BCUT2D eigenvalue weighted by atomic mass is 16.7. The molecule has 0 saturated carbocycles. The standard InChI is InChI=1S/C47H88O14/c1-3-5-7-9-11-13-15-16-17-18-19-21-23-25-27-29-31-56-33-36(59-39(49)30-28-26-24-22-20-14-12-10-8-6-4-2)34-57-46-45(55)43(53)41(51)38(61-46)35-58-47-44(54)42(52)40(50)37(32-48)60-47/h10,12,36-38,40-48,50-55H,3-9,11,13-35H2,1-2H3/b12-10-. The fourth-order valence-corrected chi connectivity index (χ4v) is 7.74. The van der Waals surface area contributed by atoms with Gasteiger partial charge in [0, 0.05) is 13.0 Å². The summed E-state index contributed by atoms with van der Waals surface area (Å²) in [5, 5.41) is 71.9. The van der Waals surface area contributed by atoms with Crippen molar-refractivity contribution in [2.45, 2.75) is 248 Å². The second-order valence-corrected chi connectivity index (χ2v) is 17.3. The summed E-state index contributed by atoms with van der Waals surface area (Å²) in [6.07, 6.45) is 18.5. The van der Waals surface area contributed by atoms with E-state index in [2.05, 4.69) is 26.0 Å². The van der Waals surface area contributed by atoms with Gasteiger partial charge in [-0.1, -0.05) is 154 Å². The summed E-state index contributed by atoms with van der Waals surface area (Å²) in [6.45, 7) is 3.65. The summed E-state index contributed by atoms with van der Waals surface area (Å²) < 4.78 is 34.2. The molecule has 14 heteroatoms. The molecule has 0 aliphatic carbocycles. The molecule has 0 aromatic rings. The highest BCUT2D eigenvalue weighted by molar-refractivity contribution is 5.69. The zero-order valence-corrected chi connectivity index (χ0v) is 37.9. The molecule has 2 aliphatic heterocycles. The molecule has 2 fully saturated rings. The second kappa shape index (κ2) is 36.0. The Labute approximate surface area is 367 Å². The lowest BCUT2D eigenvalue weighted by atomic mass is 9.98. The first-order valence-electron chi connectivity index (χ1n) is 24.3. The van der Waals surface area contributed by atoms with Crippen molar-refractivity contribution in [3.8, 4) is 0 Å². The Morgan fingerprint density at radius 3 is 1.54 bits per heavy atom. The Balaban J connectivity index is 1.78. The van der Waals surface area contributed by atoms with Gasteiger partial charge in [-0.2, -0.15) is 0 Å². The fourth-order valence-electron chi connectivity index (χ4n) is 7.74. The number of carbonyl (C=O) groups is 1. The van der Waals surface area contributed by atoms with E-state index >= 15 is 0 Å². The molecular weight excluding hydrogens is 789 g/mol. The molecule has 61 heavy (non-hydrogen) atoms. The average molecular weight is 877 g/mol. The highest BCUT2D eigenvalue weighted by Gasteiger charge is 2.47. The Morgan fingerprint density at radius 2 is 0.984 bits per heavy atom. The van der Waals surface area contributed by atoms with Crippen molar-refractivity contribution >= 4 is 5.97 Å². The molecule has 2 aliphatic rings. The van der Waals surface area contributed by atoms with Gasteiger partial charge in [-0.15, -0.1) is 0 Å².